The van der Waals surface area contributed by atoms with Crippen LogP contribution in [0.1, 0.15) is 0 Å². The summed E-state index contributed by atoms with van der Waals surface area (Å²) in [5.74, 6) is 0.801. The fourth-order valence-electron chi connectivity index (χ4n) is 0.642. The molecule has 0 fully saturated rings. The third-order valence-corrected chi connectivity index (χ3v) is 1.09. The molecule has 0 aliphatic carbocycles. The fourth-order valence-corrected chi connectivity index (χ4v) is 0.642. The van der Waals surface area contributed by atoms with E-state index in [1.54, 1.807) is 13.2 Å². The van der Waals surface area contributed by atoms with Gasteiger partial charge in [-0.25, -0.2) is 0 Å². The largest absolute Gasteiger partial charge is 0.870 e. The molecule has 0 atom stereocenters. The van der Waals surface area contributed by atoms with Gasteiger partial charge in [0.05, 0.1) is 0 Å². The Hall–Kier alpha value is -0.995. The van der Waals surface area contributed by atoms with Crippen LogP contribution < -0.4 is 10.2 Å². The number of hydrogen-bond donors (Lipinski definition) is 0. The number of methoxy groups -OCH3 is 1. The molecule has 0 aromatic heterocycles. The van der Waals surface area contributed by atoms with Crippen LogP contribution in [0, 0.1) is 0 Å². The van der Waals surface area contributed by atoms with Crippen LogP contribution >= 0.6 is 0 Å². The zero-order valence-corrected chi connectivity index (χ0v) is 6.19. The fraction of sp³-hybridized carbons (Fsp3) is 0.143. The summed E-state index contributed by atoms with van der Waals surface area (Å²) in [5, 5.41) is 0. The van der Waals surface area contributed by atoms with Crippen LogP contribution in [0.25, 0.3) is 0 Å². The molecular weight excluding hydrogens is 143 g/mol. The van der Waals surface area contributed by atoms with Crippen molar-refractivity contribution < 1.29 is 15.7 Å². The summed E-state index contributed by atoms with van der Waals surface area (Å²) >= 11 is 0. The maximum absolute atomic E-state index is 5.45. The molecule has 0 spiro atoms. The molecule has 4 heteroatoms. The van der Waals surface area contributed by atoms with Crippen molar-refractivity contribution in [1.82, 2.24) is 0 Å². The van der Waals surface area contributed by atoms with Gasteiger partial charge in [0.25, 0.3) is 0 Å². The molecule has 0 aliphatic rings. The average Bonchev–Trinajstić information content (AvgIpc) is 1.88. The molecule has 0 radical (unpaired) electrons. The Bertz CT molecular complexity index is 203. The van der Waals surface area contributed by atoms with Crippen molar-refractivity contribution in [2.24, 2.45) is 0 Å². The molecule has 1 rings (SSSR count). The molecule has 0 saturated heterocycles. The molecule has 58 valence electrons. The van der Waals surface area contributed by atoms with E-state index >= 15 is 0 Å². The monoisotopic (exact) mass is 152 g/mol. The topological polar surface area (TPSA) is 69.2 Å². The molecule has 0 heterocycles. The molecule has 0 amide bonds. The molecule has 0 saturated carbocycles. The van der Waals surface area contributed by atoms with Crippen LogP contribution in [0.4, 0.5) is 0 Å². The third-order valence-electron chi connectivity index (χ3n) is 1.09. The zero-order valence-electron chi connectivity index (χ0n) is 6.19. The number of hydrogen-bond acceptors (Lipinski definition) is 3. The number of rotatable bonds is 1. The van der Waals surface area contributed by atoms with Crippen LogP contribution in [0.2, 0.25) is 0 Å². The van der Waals surface area contributed by atoms with Crippen LogP contribution in [-0.4, -0.2) is 25.9 Å². The van der Waals surface area contributed by atoms with E-state index in [0.717, 1.165) is 11.2 Å². The van der Waals surface area contributed by atoms with Gasteiger partial charge in [0.2, 0.25) is 0 Å². The predicted molar refractivity (Wildman–Crippen MR) is 42.3 cm³/mol. The predicted octanol–water partition coefficient (Wildman–Crippen LogP) is 0.135. The van der Waals surface area contributed by atoms with Crippen molar-refractivity contribution in [3.8, 4) is 5.75 Å². The molecular formula is C7H9BO3. The summed E-state index contributed by atoms with van der Waals surface area (Å²) in [6.07, 6.45) is 0. The van der Waals surface area contributed by atoms with Crippen molar-refractivity contribution in [2.75, 3.05) is 7.11 Å². The van der Waals surface area contributed by atoms with Gasteiger partial charge in [-0.15, -0.1) is 0 Å². The van der Waals surface area contributed by atoms with Crippen molar-refractivity contribution in [2.45, 2.75) is 0 Å². The second-order valence-corrected chi connectivity index (χ2v) is 1.78. The Morgan fingerprint density at radius 1 is 1.27 bits per heavy atom. The summed E-state index contributed by atoms with van der Waals surface area (Å²) in [6, 6.07) is 7.31. The normalized spacial score (nSPS) is 7.55. The summed E-state index contributed by atoms with van der Waals surface area (Å²) in [4.78, 5) is 0. The molecule has 0 aliphatic heterocycles. The van der Waals surface area contributed by atoms with E-state index in [4.69, 9.17) is 12.6 Å². The maximum Gasteiger partial charge on any atom is -0.870 e. The number of ether oxygens (including phenoxy) is 1. The quantitative estimate of drug-likeness (QED) is 0.537. The second-order valence-electron chi connectivity index (χ2n) is 1.78. The smallest absolute Gasteiger partial charge is 0.870 e. The Labute approximate surface area is 67.0 Å². The summed E-state index contributed by atoms with van der Waals surface area (Å²) in [6.45, 7) is 0. The van der Waals surface area contributed by atoms with E-state index in [-0.39, 0.29) is 11.0 Å². The Balaban J connectivity index is 0. The van der Waals surface area contributed by atoms with Crippen molar-refractivity contribution in [3.05, 3.63) is 24.3 Å². The van der Waals surface area contributed by atoms with Crippen molar-refractivity contribution >= 4 is 13.3 Å². The van der Waals surface area contributed by atoms with Gasteiger partial charge in [-0.3, -0.25) is 0 Å². The SMILES string of the molecule is [B+2]c1cccc(OC)c1.[OH-].[OH-]. The van der Waals surface area contributed by atoms with Gasteiger partial charge < -0.3 is 11.0 Å². The van der Waals surface area contributed by atoms with Crippen LogP contribution in [0.15, 0.2) is 24.3 Å². The first-order chi connectivity index (χ1) is 4.33. The minimum absolute atomic E-state index is 0. The van der Waals surface area contributed by atoms with Crippen LogP contribution in [0.3, 0.4) is 0 Å². The van der Waals surface area contributed by atoms with Gasteiger partial charge in [0.1, 0.15) is 0 Å². The summed E-state index contributed by atoms with van der Waals surface area (Å²) < 4.78 is 4.92. The Kier molecular flexibility index (Phi) is 6.63. The van der Waals surface area contributed by atoms with Gasteiger partial charge in [-0.1, -0.05) is 0 Å². The standard InChI is InChI=1S/C7H7BO.2H2O/c1-9-7-4-2-3-6(8)5-7;;/h2-5H,1H3;2*1H2/q+2;;/p-2. The Morgan fingerprint density at radius 3 is 2.27 bits per heavy atom. The molecule has 2 N–H and O–H groups in total. The summed E-state index contributed by atoms with van der Waals surface area (Å²) in [5.41, 5.74) is 0.731. The van der Waals surface area contributed by atoms with Gasteiger partial charge >= 0.3 is 55.2 Å². The number of benzene rings is 1. The van der Waals surface area contributed by atoms with E-state index in [1.165, 1.54) is 0 Å². The van der Waals surface area contributed by atoms with Gasteiger partial charge in [-0.2, -0.15) is 0 Å². The Morgan fingerprint density at radius 2 is 1.91 bits per heavy atom. The van der Waals surface area contributed by atoms with E-state index in [1.807, 2.05) is 18.2 Å². The first-order valence-corrected chi connectivity index (χ1v) is 2.72. The molecule has 1 aromatic carbocycles. The van der Waals surface area contributed by atoms with Gasteiger partial charge in [-0.05, 0) is 0 Å². The van der Waals surface area contributed by atoms with E-state index < -0.39 is 0 Å². The molecule has 3 nitrogen and oxygen atoms in total. The maximum atomic E-state index is 5.45. The minimum Gasteiger partial charge on any atom is -0.870 e. The summed E-state index contributed by atoms with van der Waals surface area (Å²) in [7, 11) is 7.07. The van der Waals surface area contributed by atoms with Crippen molar-refractivity contribution in [1.29, 1.82) is 0 Å². The third kappa shape index (κ3) is 3.65. The van der Waals surface area contributed by atoms with Gasteiger partial charge in [0, 0.05) is 0 Å². The first kappa shape index (κ1) is 12.7. The second kappa shape index (κ2) is 5.76. The van der Waals surface area contributed by atoms with E-state index in [2.05, 4.69) is 0 Å². The van der Waals surface area contributed by atoms with E-state index in [9.17, 15) is 0 Å². The molecule has 11 heavy (non-hydrogen) atoms. The zero-order chi connectivity index (χ0) is 6.69. The van der Waals surface area contributed by atoms with E-state index in [0.29, 0.717) is 0 Å². The molecule has 0 bridgehead atoms. The minimum atomic E-state index is 0. The average molecular weight is 152 g/mol. The van der Waals surface area contributed by atoms with Crippen LogP contribution in [-0.2, 0) is 0 Å². The van der Waals surface area contributed by atoms with Crippen LogP contribution in [0.5, 0.6) is 5.75 Å². The van der Waals surface area contributed by atoms with Gasteiger partial charge in [0.15, 0.2) is 0 Å². The molecule has 1 aromatic rings. The molecule has 0 unspecified atom stereocenters. The van der Waals surface area contributed by atoms with Crippen molar-refractivity contribution in [3.63, 3.8) is 0 Å². The first-order valence-electron chi connectivity index (χ1n) is 2.72.